The van der Waals surface area contributed by atoms with E-state index in [1.54, 1.807) is 6.26 Å². The molecule has 2 heterocycles. The molecule has 2 rings (SSSR count). The van der Waals surface area contributed by atoms with Crippen LogP contribution in [0.3, 0.4) is 0 Å². The lowest BCUT2D eigenvalue weighted by atomic mass is 10.1. The Balaban J connectivity index is 1.69. The van der Waals surface area contributed by atoms with Gasteiger partial charge in [-0.05, 0) is 46.0 Å². The number of likely N-dealkylation sites (N-methyl/N-ethyl adjacent to an activating group) is 1. The van der Waals surface area contributed by atoms with Gasteiger partial charge in [0.2, 0.25) is 0 Å². The lowest BCUT2D eigenvalue weighted by Crippen LogP contribution is -2.38. The fourth-order valence-corrected chi connectivity index (χ4v) is 2.85. The summed E-state index contributed by atoms with van der Waals surface area (Å²) in [6.07, 6.45) is 3.78. The highest BCUT2D eigenvalue weighted by Crippen LogP contribution is 2.18. The van der Waals surface area contributed by atoms with Gasteiger partial charge in [0.05, 0.1) is 32.1 Å². The highest BCUT2D eigenvalue weighted by Gasteiger charge is 2.17. The molecular formula is C19H34N4O3. The molecular weight excluding hydrogens is 332 g/mol. The lowest BCUT2D eigenvalue weighted by Gasteiger charge is -2.21. The van der Waals surface area contributed by atoms with Crippen LogP contribution in [0.4, 0.5) is 0 Å². The van der Waals surface area contributed by atoms with Gasteiger partial charge in [-0.15, -0.1) is 0 Å². The molecule has 7 heteroatoms. The van der Waals surface area contributed by atoms with Crippen molar-refractivity contribution in [3.8, 4) is 0 Å². The summed E-state index contributed by atoms with van der Waals surface area (Å²) in [7, 11) is 4.07. The van der Waals surface area contributed by atoms with Crippen LogP contribution in [0.2, 0.25) is 0 Å². The molecule has 26 heavy (non-hydrogen) atoms. The number of guanidine groups is 1. The summed E-state index contributed by atoms with van der Waals surface area (Å²) < 4.78 is 16.6. The lowest BCUT2D eigenvalue weighted by molar-refractivity contribution is 0.0888. The first kappa shape index (κ1) is 20.7. The SMILES string of the molecule is CCNC(=NCC(c1ccco1)N(C)C)NCCCOCC1CCOC1. The van der Waals surface area contributed by atoms with Crippen LogP contribution in [-0.2, 0) is 9.47 Å². The number of ether oxygens (including phenoxy) is 2. The number of hydrogen-bond acceptors (Lipinski definition) is 5. The van der Waals surface area contributed by atoms with Crippen LogP contribution in [0, 0.1) is 5.92 Å². The summed E-state index contributed by atoms with van der Waals surface area (Å²) >= 11 is 0. The van der Waals surface area contributed by atoms with Crippen LogP contribution in [0.5, 0.6) is 0 Å². The Morgan fingerprint density at radius 3 is 2.96 bits per heavy atom. The molecule has 0 aromatic carbocycles. The van der Waals surface area contributed by atoms with Crippen molar-refractivity contribution >= 4 is 5.96 Å². The summed E-state index contributed by atoms with van der Waals surface area (Å²) in [5, 5.41) is 6.66. The van der Waals surface area contributed by atoms with Gasteiger partial charge in [0.15, 0.2) is 5.96 Å². The molecule has 1 aliphatic rings. The van der Waals surface area contributed by atoms with Gasteiger partial charge in [-0.1, -0.05) is 0 Å². The first-order chi connectivity index (χ1) is 12.7. The monoisotopic (exact) mass is 366 g/mol. The van der Waals surface area contributed by atoms with Gasteiger partial charge in [0.25, 0.3) is 0 Å². The van der Waals surface area contributed by atoms with Crippen molar-refractivity contribution < 1.29 is 13.9 Å². The molecule has 0 radical (unpaired) electrons. The van der Waals surface area contributed by atoms with Gasteiger partial charge in [0, 0.05) is 32.2 Å². The van der Waals surface area contributed by atoms with E-state index in [1.165, 1.54) is 0 Å². The smallest absolute Gasteiger partial charge is 0.191 e. The molecule has 2 unspecified atom stereocenters. The number of nitrogens with one attached hydrogen (secondary N) is 2. The average molecular weight is 367 g/mol. The minimum atomic E-state index is 0.123. The minimum absolute atomic E-state index is 0.123. The van der Waals surface area contributed by atoms with Gasteiger partial charge in [-0.25, -0.2) is 0 Å². The maximum Gasteiger partial charge on any atom is 0.191 e. The van der Waals surface area contributed by atoms with E-state index in [1.807, 2.05) is 26.2 Å². The summed E-state index contributed by atoms with van der Waals surface area (Å²) in [6, 6.07) is 4.03. The van der Waals surface area contributed by atoms with Gasteiger partial charge in [0.1, 0.15) is 5.76 Å². The highest BCUT2D eigenvalue weighted by molar-refractivity contribution is 5.79. The second kappa shape index (κ2) is 11.9. The Bertz CT molecular complexity index is 499. The standard InChI is InChI=1S/C19H34N4O3/c1-4-20-19(21-9-6-10-24-14-16-8-12-25-15-16)22-13-17(23(2)3)18-7-5-11-26-18/h5,7,11,16-17H,4,6,8-10,12-15H2,1-3H3,(H2,20,21,22). The molecule has 1 aromatic heterocycles. The molecule has 2 N–H and O–H groups in total. The Labute approximate surface area is 157 Å². The molecule has 1 fully saturated rings. The molecule has 1 aliphatic heterocycles. The van der Waals surface area contributed by atoms with E-state index in [0.29, 0.717) is 12.5 Å². The van der Waals surface area contributed by atoms with Crippen LogP contribution in [-0.4, -0.2) is 71.0 Å². The summed E-state index contributed by atoms with van der Waals surface area (Å²) in [5.74, 6) is 2.33. The van der Waals surface area contributed by atoms with Crippen molar-refractivity contribution in [2.75, 3.05) is 60.2 Å². The molecule has 1 saturated heterocycles. The molecule has 0 saturated carbocycles. The van der Waals surface area contributed by atoms with Gasteiger partial charge in [-0.2, -0.15) is 0 Å². The number of aliphatic imine (C=N–C) groups is 1. The van der Waals surface area contributed by atoms with E-state index in [4.69, 9.17) is 18.9 Å². The van der Waals surface area contributed by atoms with Crippen LogP contribution >= 0.6 is 0 Å². The maximum atomic E-state index is 5.74. The van der Waals surface area contributed by atoms with Crippen molar-refractivity contribution in [3.63, 3.8) is 0 Å². The maximum absolute atomic E-state index is 5.74. The number of nitrogens with zero attached hydrogens (tertiary/aromatic N) is 2. The van der Waals surface area contributed by atoms with Gasteiger partial charge in [-0.3, -0.25) is 9.89 Å². The molecule has 2 atom stereocenters. The Morgan fingerprint density at radius 1 is 1.42 bits per heavy atom. The van der Waals surface area contributed by atoms with Crippen molar-refractivity contribution in [1.29, 1.82) is 0 Å². The van der Waals surface area contributed by atoms with E-state index in [9.17, 15) is 0 Å². The van der Waals surface area contributed by atoms with Crippen LogP contribution in [0.15, 0.2) is 27.8 Å². The quantitative estimate of drug-likeness (QED) is 0.354. The van der Waals surface area contributed by atoms with Crippen LogP contribution in [0.25, 0.3) is 0 Å². The number of rotatable bonds is 11. The Hall–Kier alpha value is -1.57. The topological polar surface area (TPSA) is 71.3 Å². The molecule has 148 valence electrons. The third-order valence-electron chi connectivity index (χ3n) is 4.40. The highest BCUT2D eigenvalue weighted by atomic mass is 16.5. The zero-order valence-electron chi connectivity index (χ0n) is 16.4. The molecule has 7 nitrogen and oxygen atoms in total. The minimum Gasteiger partial charge on any atom is -0.468 e. The molecule has 0 bridgehead atoms. The predicted molar refractivity (Wildman–Crippen MR) is 103 cm³/mol. The summed E-state index contributed by atoms with van der Waals surface area (Å²) in [5.41, 5.74) is 0. The third-order valence-corrected chi connectivity index (χ3v) is 4.40. The Kier molecular flexibility index (Phi) is 9.52. The molecule has 0 spiro atoms. The van der Waals surface area contributed by atoms with Crippen molar-refractivity contribution in [3.05, 3.63) is 24.2 Å². The van der Waals surface area contributed by atoms with Crippen molar-refractivity contribution in [2.24, 2.45) is 10.9 Å². The first-order valence-electron chi connectivity index (χ1n) is 9.58. The second-order valence-electron chi connectivity index (χ2n) is 6.80. The largest absolute Gasteiger partial charge is 0.468 e. The van der Waals surface area contributed by atoms with Gasteiger partial charge < -0.3 is 24.5 Å². The predicted octanol–water partition coefficient (Wildman–Crippen LogP) is 1.88. The van der Waals surface area contributed by atoms with Crippen LogP contribution < -0.4 is 10.6 Å². The van der Waals surface area contributed by atoms with Crippen LogP contribution in [0.1, 0.15) is 31.6 Å². The number of furan rings is 1. The zero-order chi connectivity index (χ0) is 18.6. The van der Waals surface area contributed by atoms with E-state index >= 15 is 0 Å². The molecule has 1 aromatic rings. The molecule has 0 aliphatic carbocycles. The fraction of sp³-hybridized carbons (Fsp3) is 0.737. The summed E-state index contributed by atoms with van der Waals surface area (Å²) in [6.45, 7) is 7.66. The molecule has 0 amide bonds. The normalized spacial score (nSPS) is 19.1. The zero-order valence-corrected chi connectivity index (χ0v) is 16.4. The van der Waals surface area contributed by atoms with Gasteiger partial charge >= 0.3 is 0 Å². The summed E-state index contributed by atoms with van der Waals surface area (Å²) in [4.78, 5) is 6.82. The third kappa shape index (κ3) is 7.35. The first-order valence-corrected chi connectivity index (χ1v) is 9.58. The van der Waals surface area contributed by atoms with E-state index in [0.717, 1.165) is 64.1 Å². The average Bonchev–Trinajstić information content (AvgIpc) is 3.31. The fourth-order valence-electron chi connectivity index (χ4n) is 2.85. The van der Waals surface area contributed by atoms with Crippen molar-refractivity contribution in [2.45, 2.75) is 25.8 Å². The van der Waals surface area contributed by atoms with E-state index < -0.39 is 0 Å². The Morgan fingerprint density at radius 2 is 2.31 bits per heavy atom. The van der Waals surface area contributed by atoms with Crippen molar-refractivity contribution in [1.82, 2.24) is 15.5 Å². The van der Waals surface area contributed by atoms with E-state index in [-0.39, 0.29) is 6.04 Å². The van der Waals surface area contributed by atoms with E-state index in [2.05, 4.69) is 22.5 Å². The second-order valence-corrected chi connectivity index (χ2v) is 6.80. The number of hydrogen-bond donors (Lipinski definition) is 2.